The summed E-state index contributed by atoms with van der Waals surface area (Å²) in [6.07, 6.45) is 7.49. The molecule has 1 heterocycles. The van der Waals surface area contributed by atoms with Crippen LogP contribution in [0.4, 0.5) is 11.5 Å². The van der Waals surface area contributed by atoms with E-state index in [2.05, 4.69) is 74.0 Å². The summed E-state index contributed by atoms with van der Waals surface area (Å²) in [5.74, 6) is 4.95. The number of nitrogens with two attached hydrogens (primary N) is 2. The van der Waals surface area contributed by atoms with Crippen molar-refractivity contribution in [1.29, 1.82) is 0 Å². The predicted octanol–water partition coefficient (Wildman–Crippen LogP) is 4.92. The van der Waals surface area contributed by atoms with Gasteiger partial charge in [-0.1, -0.05) is 33.5 Å². The first kappa shape index (κ1) is 25.5. The molecule has 1 saturated carbocycles. The molecule has 2 aliphatic rings. The van der Waals surface area contributed by atoms with Crippen LogP contribution in [0, 0.1) is 11.5 Å². The van der Waals surface area contributed by atoms with Gasteiger partial charge in [-0.15, -0.1) is 11.5 Å². The van der Waals surface area contributed by atoms with E-state index in [1.54, 1.807) is 6.33 Å². The van der Waals surface area contributed by atoms with Crippen molar-refractivity contribution in [1.82, 2.24) is 9.97 Å². The normalized spacial score (nSPS) is 20.8. The summed E-state index contributed by atoms with van der Waals surface area (Å²) in [5.41, 5.74) is 21.3. The van der Waals surface area contributed by atoms with Crippen molar-refractivity contribution in [3.8, 4) is 28.5 Å². The van der Waals surface area contributed by atoms with Crippen molar-refractivity contribution < 1.29 is 4.74 Å². The van der Waals surface area contributed by atoms with Crippen LogP contribution in [0.15, 0.2) is 18.5 Å². The Morgan fingerprint density at radius 2 is 1.86 bits per heavy atom. The lowest BCUT2D eigenvalue weighted by atomic mass is 9.71. The monoisotopic (exact) mass is 491 g/mol. The Hall–Kier alpha value is -2.56. The fourth-order valence-electron chi connectivity index (χ4n) is 5.38. The molecule has 188 valence electrons. The van der Waals surface area contributed by atoms with E-state index in [0.717, 1.165) is 73.3 Å². The minimum Gasteiger partial charge on any atom is -0.488 e. The molecule has 0 atom stereocenters. The van der Waals surface area contributed by atoms with E-state index >= 15 is 0 Å². The Morgan fingerprint density at radius 3 is 2.54 bits per heavy atom. The molecule has 1 aromatic carbocycles. The molecule has 0 spiro atoms. The van der Waals surface area contributed by atoms with Gasteiger partial charge in [0.25, 0.3) is 0 Å². The standard InChI is InChI=1S/C28H41N5OSi/c1-28(2)17-22-21(25-24(28)27(30)32-18-31-25)13-14-23(34-20-11-9-19(29)10-12-20)26(22)33(3)15-7-8-16-35(4,5)6/h13-14,18-20H,7,9-12,15,17,29H2,1-6H3,(H2,30,31,32). The zero-order valence-electron chi connectivity index (χ0n) is 22.2. The van der Waals surface area contributed by atoms with Crippen molar-refractivity contribution in [2.75, 3.05) is 24.2 Å². The Kier molecular flexibility index (Phi) is 7.17. The number of nitrogen functional groups attached to an aromatic ring is 1. The minimum absolute atomic E-state index is 0.183. The van der Waals surface area contributed by atoms with Crippen molar-refractivity contribution in [2.45, 2.75) is 89.6 Å². The van der Waals surface area contributed by atoms with Crippen molar-refractivity contribution in [3.05, 3.63) is 29.6 Å². The highest BCUT2D eigenvalue weighted by Gasteiger charge is 2.37. The van der Waals surface area contributed by atoms with Crippen LogP contribution in [-0.2, 0) is 11.8 Å². The lowest BCUT2D eigenvalue weighted by Gasteiger charge is -2.37. The molecule has 2 aliphatic carbocycles. The first-order valence-electron chi connectivity index (χ1n) is 12.9. The molecule has 35 heavy (non-hydrogen) atoms. The Balaban J connectivity index is 1.75. The fraction of sp³-hybridized carbons (Fsp3) is 0.571. The number of rotatable bonds is 5. The van der Waals surface area contributed by atoms with Gasteiger partial charge in [-0.05, 0) is 55.2 Å². The van der Waals surface area contributed by atoms with Gasteiger partial charge in [0.15, 0.2) is 0 Å². The molecule has 4 N–H and O–H groups in total. The van der Waals surface area contributed by atoms with Crippen LogP contribution in [0.3, 0.4) is 0 Å². The molecule has 7 heteroatoms. The number of aromatic nitrogens is 2. The molecule has 1 aromatic heterocycles. The Morgan fingerprint density at radius 1 is 1.14 bits per heavy atom. The average Bonchev–Trinajstić information content (AvgIpc) is 2.77. The lowest BCUT2D eigenvalue weighted by Crippen LogP contribution is -2.33. The SMILES string of the molecule is CN(CCC#C[Si](C)(C)C)c1c(OC2CCC(N)CC2)ccc2c1CC(C)(C)c1c(N)ncnc1-2. The van der Waals surface area contributed by atoms with E-state index < -0.39 is 8.07 Å². The smallest absolute Gasteiger partial charge is 0.143 e. The van der Waals surface area contributed by atoms with E-state index in [4.69, 9.17) is 21.2 Å². The van der Waals surface area contributed by atoms with Crippen LogP contribution in [0.1, 0.15) is 57.1 Å². The maximum absolute atomic E-state index is 6.68. The molecular weight excluding hydrogens is 450 g/mol. The summed E-state index contributed by atoms with van der Waals surface area (Å²) in [7, 11) is 0.776. The third kappa shape index (κ3) is 5.65. The van der Waals surface area contributed by atoms with Crippen molar-refractivity contribution in [2.24, 2.45) is 5.73 Å². The Labute approximate surface area is 211 Å². The summed E-state index contributed by atoms with van der Waals surface area (Å²) in [5, 5.41) is 0. The van der Waals surface area contributed by atoms with Gasteiger partial charge in [0.1, 0.15) is 26.0 Å². The van der Waals surface area contributed by atoms with E-state index in [-0.39, 0.29) is 11.5 Å². The lowest BCUT2D eigenvalue weighted by molar-refractivity contribution is 0.147. The largest absolute Gasteiger partial charge is 0.488 e. The van der Waals surface area contributed by atoms with Crippen LogP contribution in [0.5, 0.6) is 5.75 Å². The first-order valence-corrected chi connectivity index (χ1v) is 16.4. The van der Waals surface area contributed by atoms with Gasteiger partial charge in [-0.25, -0.2) is 9.97 Å². The molecule has 0 amide bonds. The molecule has 0 unspecified atom stereocenters. The highest BCUT2D eigenvalue weighted by molar-refractivity contribution is 6.83. The van der Waals surface area contributed by atoms with Gasteiger partial charge in [0, 0.05) is 37.2 Å². The summed E-state index contributed by atoms with van der Waals surface area (Å²) in [6.45, 7) is 12.2. The third-order valence-electron chi connectivity index (χ3n) is 7.10. The molecule has 2 aromatic rings. The average molecular weight is 492 g/mol. The highest BCUT2D eigenvalue weighted by Crippen LogP contribution is 2.49. The topological polar surface area (TPSA) is 90.3 Å². The van der Waals surface area contributed by atoms with Gasteiger partial charge in [0.2, 0.25) is 0 Å². The van der Waals surface area contributed by atoms with Gasteiger partial charge < -0.3 is 21.1 Å². The van der Waals surface area contributed by atoms with Crippen molar-refractivity contribution in [3.63, 3.8) is 0 Å². The number of benzene rings is 1. The third-order valence-corrected chi connectivity index (χ3v) is 8.03. The zero-order valence-corrected chi connectivity index (χ0v) is 23.2. The molecule has 0 saturated heterocycles. The summed E-state index contributed by atoms with van der Waals surface area (Å²) in [4.78, 5) is 11.3. The maximum Gasteiger partial charge on any atom is 0.143 e. The summed E-state index contributed by atoms with van der Waals surface area (Å²) in [6, 6.07) is 4.57. The minimum atomic E-state index is -1.38. The highest BCUT2D eigenvalue weighted by atomic mass is 28.3. The van der Waals surface area contributed by atoms with Gasteiger partial charge in [-0.3, -0.25) is 0 Å². The Bertz CT molecular complexity index is 1140. The number of fused-ring (bicyclic) bond motifs is 3. The second kappa shape index (κ2) is 9.83. The number of anilines is 2. The van der Waals surface area contributed by atoms with E-state index in [1.165, 1.54) is 5.56 Å². The predicted molar refractivity (Wildman–Crippen MR) is 148 cm³/mol. The van der Waals surface area contributed by atoms with Gasteiger partial charge in [0.05, 0.1) is 17.5 Å². The number of ether oxygens (including phenoxy) is 1. The van der Waals surface area contributed by atoms with Crippen LogP contribution >= 0.6 is 0 Å². The maximum atomic E-state index is 6.68. The molecule has 1 fully saturated rings. The fourth-order valence-corrected chi connectivity index (χ4v) is 6.03. The first-order chi connectivity index (χ1) is 16.5. The molecule has 4 rings (SSSR count). The second-order valence-corrected chi connectivity index (χ2v) is 16.6. The quantitative estimate of drug-likeness (QED) is 0.456. The molecular formula is C28H41N5OSi. The van der Waals surface area contributed by atoms with Gasteiger partial charge >= 0.3 is 0 Å². The van der Waals surface area contributed by atoms with E-state index in [9.17, 15) is 0 Å². The van der Waals surface area contributed by atoms with Crippen molar-refractivity contribution >= 4 is 19.6 Å². The number of hydrogen-bond acceptors (Lipinski definition) is 6. The summed E-state index contributed by atoms with van der Waals surface area (Å²) >= 11 is 0. The number of hydrogen-bond donors (Lipinski definition) is 2. The van der Waals surface area contributed by atoms with E-state index in [0.29, 0.717) is 11.9 Å². The van der Waals surface area contributed by atoms with Gasteiger partial charge in [-0.2, -0.15) is 0 Å². The second-order valence-electron chi connectivity index (χ2n) is 11.9. The van der Waals surface area contributed by atoms with Crippen LogP contribution in [-0.4, -0.2) is 43.8 Å². The van der Waals surface area contributed by atoms with Crippen LogP contribution < -0.4 is 21.1 Å². The molecule has 0 aliphatic heterocycles. The molecule has 0 radical (unpaired) electrons. The van der Waals surface area contributed by atoms with Crippen LogP contribution in [0.2, 0.25) is 19.6 Å². The summed E-state index contributed by atoms with van der Waals surface area (Å²) < 4.78 is 6.68. The molecule has 6 nitrogen and oxygen atoms in total. The molecule has 0 bridgehead atoms. The van der Waals surface area contributed by atoms with Crippen LogP contribution in [0.25, 0.3) is 11.3 Å². The zero-order chi connectivity index (χ0) is 25.4. The van der Waals surface area contributed by atoms with E-state index in [1.807, 2.05) is 0 Å². The number of nitrogens with zero attached hydrogens (tertiary/aromatic N) is 3.